The monoisotopic (exact) mass is 524 g/mol. The molecule has 4 rings (SSSR count). The number of morpholine rings is 1. The maximum Gasteiger partial charge on any atom is 0.319 e. The lowest BCUT2D eigenvalue weighted by Crippen LogP contribution is -2.44. The van der Waals surface area contributed by atoms with Gasteiger partial charge < -0.3 is 20.3 Å². The summed E-state index contributed by atoms with van der Waals surface area (Å²) in [6, 6.07) is 15.7. The summed E-state index contributed by atoms with van der Waals surface area (Å²) in [6.07, 6.45) is 0. The van der Waals surface area contributed by atoms with Crippen LogP contribution in [0.1, 0.15) is 13.8 Å². The van der Waals surface area contributed by atoms with E-state index in [0.29, 0.717) is 54.9 Å². The van der Waals surface area contributed by atoms with Crippen molar-refractivity contribution in [3.63, 3.8) is 0 Å². The summed E-state index contributed by atoms with van der Waals surface area (Å²) in [6.45, 7) is 6.15. The summed E-state index contributed by atoms with van der Waals surface area (Å²) in [5.41, 5.74) is 3.09. The van der Waals surface area contributed by atoms with Crippen LogP contribution in [-0.4, -0.2) is 75.2 Å². The molecule has 0 bridgehead atoms. The Balaban J connectivity index is 1.82. The zero-order valence-corrected chi connectivity index (χ0v) is 22.2. The van der Waals surface area contributed by atoms with Crippen LogP contribution in [0.3, 0.4) is 0 Å². The molecule has 1 aliphatic rings. The lowest BCUT2D eigenvalue weighted by molar-refractivity contribution is 0.0981. The highest BCUT2D eigenvalue weighted by Crippen LogP contribution is 2.32. The Bertz CT molecular complexity index is 1360. The molecule has 2 aromatic carbocycles. The molecule has 2 amide bonds. The van der Waals surface area contributed by atoms with Gasteiger partial charge in [0.05, 0.1) is 35.5 Å². The SMILES string of the molecule is CCNC(=O)Nc1ccc(-c2cc(-c3ccccc3S(=O)(=O)N(C)C)nc(N3CCOCC3C)n2)cc1. The fourth-order valence-electron chi connectivity index (χ4n) is 4.03. The minimum atomic E-state index is -3.71. The molecule has 0 aliphatic carbocycles. The van der Waals surface area contributed by atoms with E-state index in [1.807, 2.05) is 26.0 Å². The van der Waals surface area contributed by atoms with Gasteiger partial charge in [-0.1, -0.05) is 30.3 Å². The van der Waals surface area contributed by atoms with Crippen LogP contribution in [0.5, 0.6) is 0 Å². The number of aromatic nitrogens is 2. The van der Waals surface area contributed by atoms with Crippen LogP contribution in [0, 0.1) is 0 Å². The number of rotatable bonds is 7. The van der Waals surface area contributed by atoms with Gasteiger partial charge in [0.1, 0.15) is 0 Å². The zero-order chi connectivity index (χ0) is 26.6. The van der Waals surface area contributed by atoms with Crippen molar-refractivity contribution in [1.29, 1.82) is 0 Å². The van der Waals surface area contributed by atoms with Crippen LogP contribution in [0.4, 0.5) is 16.4 Å². The first kappa shape index (κ1) is 26.5. The highest BCUT2D eigenvalue weighted by atomic mass is 32.2. The maximum atomic E-state index is 13.1. The lowest BCUT2D eigenvalue weighted by atomic mass is 10.1. The van der Waals surface area contributed by atoms with E-state index in [0.717, 1.165) is 5.56 Å². The summed E-state index contributed by atoms with van der Waals surface area (Å²) in [5, 5.41) is 5.49. The molecule has 1 unspecified atom stereocenters. The first-order valence-corrected chi connectivity index (χ1v) is 13.6. The van der Waals surface area contributed by atoms with Gasteiger partial charge in [0.15, 0.2) is 0 Å². The fourth-order valence-corrected chi connectivity index (χ4v) is 5.13. The minimum Gasteiger partial charge on any atom is -0.377 e. The number of nitrogens with zero attached hydrogens (tertiary/aromatic N) is 4. The van der Waals surface area contributed by atoms with E-state index >= 15 is 0 Å². The van der Waals surface area contributed by atoms with Crippen LogP contribution in [0.2, 0.25) is 0 Å². The lowest BCUT2D eigenvalue weighted by Gasteiger charge is -2.33. The second-order valence-corrected chi connectivity index (χ2v) is 11.0. The molecule has 2 N–H and O–H groups in total. The van der Waals surface area contributed by atoms with Gasteiger partial charge in [-0.05, 0) is 38.1 Å². The average molecular weight is 525 g/mol. The number of anilines is 2. The molecule has 3 aromatic rings. The van der Waals surface area contributed by atoms with Gasteiger partial charge in [0.25, 0.3) is 0 Å². The van der Waals surface area contributed by atoms with Gasteiger partial charge in [-0.25, -0.2) is 27.5 Å². The van der Waals surface area contributed by atoms with Gasteiger partial charge >= 0.3 is 6.03 Å². The molecule has 11 heteroatoms. The number of sulfonamides is 1. The normalized spacial score (nSPS) is 16.0. The van der Waals surface area contributed by atoms with E-state index in [9.17, 15) is 13.2 Å². The van der Waals surface area contributed by atoms with Crippen LogP contribution < -0.4 is 15.5 Å². The van der Waals surface area contributed by atoms with Crippen molar-refractivity contribution in [2.45, 2.75) is 24.8 Å². The van der Waals surface area contributed by atoms with Gasteiger partial charge in [-0.15, -0.1) is 0 Å². The van der Waals surface area contributed by atoms with Crippen molar-refractivity contribution in [1.82, 2.24) is 19.6 Å². The Morgan fingerprint density at radius 2 is 1.81 bits per heavy atom. The number of hydrogen-bond donors (Lipinski definition) is 2. The molecular weight excluding hydrogens is 492 g/mol. The summed E-state index contributed by atoms with van der Waals surface area (Å²) >= 11 is 0. The van der Waals surface area contributed by atoms with Crippen LogP contribution >= 0.6 is 0 Å². The summed E-state index contributed by atoms with van der Waals surface area (Å²) in [5.74, 6) is 0.505. The minimum absolute atomic E-state index is 0.0567. The van der Waals surface area contributed by atoms with Crippen LogP contribution in [-0.2, 0) is 14.8 Å². The first-order chi connectivity index (χ1) is 17.7. The highest BCUT2D eigenvalue weighted by Gasteiger charge is 2.26. The van der Waals surface area contributed by atoms with Crippen LogP contribution in [0.15, 0.2) is 59.5 Å². The number of hydrogen-bond acceptors (Lipinski definition) is 7. The van der Waals surface area contributed by atoms with E-state index in [1.165, 1.54) is 18.4 Å². The molecule has 0 spiro atoms. The number of benzene rings is 2. The number of urea groups is 1. The molecule has 1 aliphatic heterocycles. The third-order valence-corrected chi connectivity index (χ3v) is 7.91. The molecule has 196 valence electrons. The molecule has 0 radical (unpaired) electrons. The third-order valence-electron chi connectivity index (χ3n) is 6.04. The van der Waals surface area contributed by atoms with Crippen molar-refractivity contribution < 1.29 is 17.9 Å². The molecule has 37 heavy (non-hydrogen) atoms. The maximum absolute atomic E-state index is 13.1. The standard InChI is InChI=1S/C26H32N6O4S/c1-5-27-26(33)28-20-12-10-19(11-13-20)22-16-23(30-25(29-22)32-14-15-36-17-18(32)2)21-8-6-7-9-24(21)37(34,35)31(3)4/h6-13,16,18H,5,14-15,17H2,1-4H3,(H2,27,28,33). The Kier molecular flexibility index (Phi) is 8.06. The van der Waals surface area contributed by atoms with Crippen molar-refractivity contribution in [2.24, 2.45) is 0 Å². The second kappa shape index (κ2) is 11.2. The van der Waals surface area contributed by atoms with Gasteiger partial charge in [0, 0.05) is 44.0 Å². The Hall–Kier alpha value is -3.54. The summed E-state index contributed by atoms with van der Waals surface area (Å²) in [4.78, 5) is 23.8. The third kappa shape index (κ3) is 5.90. The quantitative estimate of drug-likeness (QED) is 0.486. The average Bonchev–Trinajstić information content (AvgIpc) is 2.89. The number of carbonyl (C=O) groups is 1. The van der Waals surface area contributed by atoms with E-state index in [2.05, 4.69) is 15.5 Å². The zero-order valence-electron chi connectivity index (χ0n) is 21.4. The fraction of sp³-hybridized carbons (Fsp3) is 0.346. The first-order valence-electron chi connectivity index (χ1n) is 12.1. The molecule has 0 saturated carbocycles. The smallest absolute Gasteiger partial charge is 0.319 e. The van der Waals surface area contributed by atoms with Gasteiger partial charge in [-0.2, -0.15) is 0 Å². The summed E-state index contributed by atoms with van der Waals surface area (Å²) in [7, 11) is -0.693. The molecule has 1 atom stereocenters. The molecule has 1 saturated heterocycles. The van der Waals surface area contributed by atoms with Gasteiger partial charge in [-0.3, -0.25) is 0 Å². The predicted molar refractivity (Wildman–Crippen MR) is 144 cm³/mol. The van der Waals surface area contributed by atoms with Crippen molar-refractivity contribution >= 4 is 27.7 Å². The number of carbonyl (C=O) groups excluding carboxylic acids is 1. The van der Waals surface area contributed by atoms with E-state index in [1.54, 1.807) is 42.5 Å². The molecule has 1 fully saturated rings. The van der Waals surface area contributed by atoms with Crippen LogP contribution in [0.25, 0.3) is 22.5 Å². The highest BCUT2D eigenvalue weighted by molar-refractivity contribution is 7.89. The van der Waals surface area contributed by atoms with Crippen molar-refractivity contribution in [3.8, 4) is 22.5 Å². The van der Waals surface area contributed by atoms with E-state index in [-0.39, 0.29) is 17.0 Å². The largest absolute Gasteiger partial charge is 0.377 e. The topological polar surface area (TPSA) is 117 Å². The Labute approximate surface area is 217 Å². The molecule has 10 nitrogen and oxygen atoms in total. The number of nitrogens with one attached hydrogen (secondary N) is 2. The predicted octanol–water partition coefficient (Wildman–Crippen LogP) is 3.43. The number of ether oxygens (including phenoxy) is 1. The van der Waals surface area contributed by atoms with Gasteiger partial charge in [0.2, 0.25) is 16.0 Å². The van der Waals surface area contributed by atoms with Crippen molar-refractivity contribution in [3.05, 3.63) is 54.6 Å². The molecular formula is C26H32N6O4S. The van der Waals surface area contributed by atoms with Crippen molar-refractivity contribution in [2.75, 3.05) is 50.6 Å². The van der Waals surface area contributed by atoms with E-state index in [4.69, 9.17) is 14.7 Å². The summed E-state index contributed by atoms with van der Waals surface area (Å²) < 4.78 is 33.0. The Morgan fingerprint density at radius 1 is 1.11 bits per heavy atom. The second-order valence-electron chi connectivity index (χ2n) is 8.90. The molecule has 1 aromatic heterocycles. The number of amides is 2. The Morgan fingerprint density at radius 3 is 2.49 bits per heavy atom. The van der Waals surface area contributed by atoms with E-state index < -0.39 is 10.0 Å². The molecule has 2 heterocycles.